The second-order valence-electron chi connectivity index (χ2n) is 7.58. The molecule has 0 aromatic carbocycles. The molecule has 3 fully saturated rings. The Bertz CT molecular complexity index is 428. The van der Waals surface area contributed by atoms with Gasteiger partial charge < -0.3 is 10.2 Å². The predicted octanol–water partition coefficient (Wildman–Crippen LogP) is 1.77. The fourth-order valence-corrected chi connectivity index (χ4v) is 4.36. The van der Waals surface area contributed by atoms with Gasteiger partial charge in [-0.3, -0.25) is 14.5 Å². The van der Waals surface area contributed by atoms with Crippen LogP contribution < -0.4 is 5.32 Å². The maximum atomic E-state index is 12.4. The van der Waals surface area contributed by atoms with E-state index in [4.69, 9.17) is 0 Å². The number of nitrogens with one attached hydrogen (secondary N) is 1. The Morgan fingerprint density at radius 2 is 1.87 bits per heavy atom. The average Bonchev–Trinajstić information content (AvgIpc) is 3.23. The molecule has 0 radical (unpaired) electrons. The lowest BCUT2D eigenvalue weighted by Gasteiger charge is -2.31. The van der Waals surface area contributed by atoms with E-state index in [0.717, 1.165) is 25.9 Å². The van der Waals surface area contributed by atoms with Gasteiger partial charge in [0.05, 0.1) is 5.92 Å². The minimum Gasteiger partial charge on any atom is -0.354 e. The van der Waals surface area contributed by atoms with Gasteiger partial charge in [0.1, 0.15) is 0 Å². The third-order valence-corrected chi connectivity index (χ3v) is 5.88. The smallest absolute Gasteiger partial charge is 0.225 e. The maximum absolute atomic E-state index is 12.4. The normalized spacial score (nSPS) is 28.3. The molecule has 0 bridgehead atoms. The van der Waals surface area contributed by atoms with Gasteiger partial charge in [-0.25, -0.2) is 0 Å². The number of hydrogen-bond donors (Lipinski definition) is 1. The van der Waals surface area contributed by atoms with Crippen LogP contribution in [0, 0.1) is 5.92 Å². The fraction of sp³-hybridized carbons (Fsp3) is 0.889. The second-order valence-corrected chi connectivity index (χ2v) is 7.58. The molecule has 2 saturated heterocycles. The molecule has 1 N–H and O–H groups in total. The Balaban J connectivity index is 1.45. The maximum Gasteiger partial charge on any atom is 0.225 e. The zero-order chi connectivity index (χ0) is 16.2. The Labute approximate surface area is 139 Å². The monoisotopic (exact) mass is 321 g/mol. The lowest BCUT2D eigenvalue weighted by atomic mass is 9.94. The molecule has 5 heteroatoms. The van der Waals surface area contributed by atoms with Crippen LogP contribution in [0.1, 0.15) is 58.3 Å². The first-order valence-electron chi connectivity index (χ1n) is 9.46. The molecule has 0 spiro atoms. The van der Waals surface area contributed by atoms with Crippen LogP contribution in [0.25, 0.3) is 0 Å². The first-order valence-corrected chi connectivity index (χ1v) is 9.46. The van der Waals surface area contributed by atoms with E-state index < -0.39 is 0 Å². The van der Waals surface area contributed by atoms with Crippen LogP contribution in [0.2, 0.25) is 0 Å². The van der Waals surface area contributed by atoms with E-state index in [2.05, 4.69) is 17.1 Å². The van der Waals surface area contributed by atoms with Crippen molar-refractivity contribution in [3.8, 4) is 0 Å². The summed E-state index contributed by atoms with van der Waals surface area (Å²) in [5.41, 5.74) is 0. The number of likely N-dealkylation sites (tertiary alicyclic amines) is 2. The number of hydrogen-bond acceptors (Lipinski definition) is 3. The predicted molar refractivity (Wildman–Crippen MR) is 90.0 cm³/mol. The van der Waals surface area contributed by atoms with Gasteiger partial charge in [-0.2, -0.15) is 0 Å². The van der Waals surface area contributed by atoms with Gasteiger partial charge in [0.2, 0.25) is 11.8 Å². The summed E-state index contributed by atoms with van der Waals surface area (Å²) in [6.45, 7) is 5.81. The van der Waals surface area contributed by atoms with Crippen molar-refractivity contribution in [2.45, 2.75) is 70.4 Å². The van der Waals surface area contributed by atoms with Gasteiger partial charge >= 0.3 is 0 Å². The summed E-state index contributed by atoms with van der Waals surface area (Å²) < 4.78 is 0. The number of carbonyl (C=O) groups is 2. The van der Waals surface area contributed by atoms with Crippen molar-refractivity contribution >= 4 is 11.8 Å². The van der Waals surface area contributed by atoms with E-state index in [9.17, 15) is 9.59 Å². The van der Waals surface area contributed by atoms with Crippen LogP contribution in [0.4, 0.5) is 0 Å². The molecule has 2 amide bonds. The first-order chi connectivity index (χ1) is 11.1. The third kappa shape index (κ3) is 4.06. The van der Waals surface area contributed by atoms with Gasteiger partial charge in [-0.1, -0.05) is 19.3 Å². The fourth-order valence-electron chi connectivity index (χ4n) is 4.36. The summed E-state index contributed by atoms with van der Waals surface area (Å²) in [4.78, 5) is 29.1. The molecule has 0 aromatic heterocycles. The first kappa shape index (κ1) is 16.7. The molecule has 0 aromatic rings. The molecular weight excluding hydrogens is 290 g/mol. The standard InChI is InChI=1S/C18H31N3O2/c1-14(20-9-5-6-10-20)12-19-18(23)15-11-17(22)21(13-15)16-7-3-2-4-8-16/h14-16H,2-13H2,1H3,(H,19,23). The minimum absolute atomic E-state index is 0.0720. The molecule has 2 atom stereocenters. The Morgan fingerprint density at radius 1 is 1.17 bits per heavy atom. The zero-order valence-electron chi connectivity index (χ0n) is 14.4. The molecule has 130 valence electrons. The average molecular weight is 321 g/mol. The SMILES string of the molecule is CC(CNC(=O)C1CC(=O)N(C2CCCCC2)C1)N1CCCC1. The quantitative estimate of drug-likeness (QED) is 0.839. The molecule has 3 aliphatic rings. The highest BCUT2D eigenvalue weighted by atomic mass is 16.2. The lowest BCUT2D eigenvalue weighted by Crippen LogP contribution is -2.43. The summed E-state index contributed by atoms with van der Waals surface area (Å²) in [5.74, 6) is 0.113. The third-order valence-electron chi connectivity index (χ3n) is 5.88. The van der Waals surface area contributed by atoms with Crippen LogP contribution in [0.15, 0.2) is 0 Å². The molecule has 1 aliphatic carbocycles. The summed E-state index contributed by atoms with van der Waals surface area (Å²) in [5, 5.41) is 3.09. The molecule has 3 rings (SSSR count). The minimum atomic E-state index is -0.143. The largest absolute Gasteiger partial charge is 0.354 e. The van der Waals surface area contributed by atoms with Crippen LogP contribution in [-0.2, 0) is 9.59 Å². The van der Waals surface area contributed by atoms with Gasteiger partial charge in [-0.05, 0) is 45.7 Å². The highest BCUT2D eigenvalue weighted by Gasteiger charge is 2.38. The lowest BCUT2D eigenvalue weighted by molar-refractivity contribution is -0.130. The molecule has 1 saturated carbocycles. The Morgan fingerprint density at radius 3 is 2.57 bits per heavy atom. The number of rotatable bonds is 5. The van der Waals surface area contributed by atoms with Gasteiger partial charge in [-0.15, -0.1) is 0 Å². The molecule has 23 heavy (non-hydrogen) atoms. The summed E-state index contributed by atoms with van der Waals surface area (Å²) >= 11 is 0. The second kappa shape index (κ2) is 7.65. The van der Waals surface area contributed by atoms with Gasteiger partial charge in [0.25, 0.3) is 0 Å². The summed E-state index contributed by atoms with van der Waals surface area (Å²) in [6.07, 6.45) is 8.91. The zero-order valence-corrected chi connectivity index (χ0v) is 14.4. The van der Waals surface area contributed by atoms with Gasteiger partial charge in [0.15, 0.2) is 0 Å². The number of nitrogens with zero attached hydrogens (tertiary/aromatic N) is 2. The van der Waals surface area contributed by atoms with Crippen molar-refractivity contribution < 1.29 is 9.59 Å². The van der Waals surface area contributed by atoms with E-state index in [1.54, 1.807) is 0 Å². The van der Waals surface area contributed by atoms with Crippen LogP contribution in [0.5, 0.6) is 0 Å². The number of carbonyl (C=O) groups excluding carboxylic acids is 2. The Hall–Kier alpha value is -1.10. The molecule has 2 unspecified atom stereocenters. The molecule has 5 nitrogen and oxygen atoms in total. The van der Waals surface area contributed by atoms with Crippen LogP contribution >= 0.6 is 0 Å². The topological polar surface area (TPSA) is 52.7 Å². The van der Waals surface area contributed by atoms with E-state index >= 15 is 0 Å². The van der Waals surface area contributed by atoms with Crippen molar-refractivity contribution in [3.05, 3.63) is 0 Å². The van der Waals surface area contributed by atoms with Crippen molar-refractivity contribution in [1.29, 1.82) is 0 Å². The highest BCUT2D eigenvalue weighted by Crippen LogP contribution is 2.28. The van der Waals surface area contributed by atoms with E-state index in [0.29, 0.717) is 31.6 Å². The van der Waals surface area contributed by atoms with Crippen LogP contribution in [-0.4, -0.2) is 59.9 Å². The van der Waals surface area contributed by atoms with Crippen molar-refractivity contribution in [3.63, 3.8) is 0 Å². The molecule has 2 heterocycles. The summed E-state index contributed by atoms with van der Waals surface area (Å²) in [6, 6.07) is 0.783. The number of amides is 2. The highest BCUT2D eigenvalue weighted by molar-refractivity contribution is 5.89. The van der Waals surface area contributed by atoms with Crippen molar-refractivity contribution in [1.82, 2.24) is 15.1 Å². The van der Waals surface area contributed by atoms with Crippen LogP contribution in [0.3, 0.4) is 0 Å². The molecule has 2 aliphatic heterocycles. The van der Waals surface area contributed by atoms with E-state index in [-0.39, 0.29) is 17.7 Å². The van der Waals surface area contributed by atoms with E-state index in [1.165, 1.54) is 32.1 Å². The van der Waals surface area contributed by atoms with E-state index in [1.807, 2.05) is 4.90 Å². The van der Waals surface area contributed by atoms with Crippen molar-refractivity contribution in [2.24, 2.45) is 5.92 Å². The molecular formula is C18H31N3O2. The van der Waals surface area contributed by atoms with Gasteiger partial charge in [0, 0.05) is 31.6 Å². The Kier molecular flexibility index (Phi) is 5.57. The van der Waals surface area contributed by atoms with Crippen molar-refractivity contribution in [2.75, 3.05) is 26.2 Å². The summed E-state index contributed by atoms with van der Waals surface area (Å²) in [7, 11) is 0.